The van der Waals surface area contributed by atoms with Crippen molar-refractivity contribution in [3.8, 4) is 0 Å². The fraction of sp³-hybridized carbons (Fsp3) is 0.353. The van der Waals surface area contributed by atoms with Crippen molar-refractivity contribution in [2.45, 2.75) is 34.1 Å². The highest BCUT2D eigenvalue weighted by Crippen LogP contribution is 2.21. The van der Waals surface area contributed by atoms with Crippen LogP contribution in [0, 0.1) is 20.8 Å². The molecule has 0 aliphatic carbocycles. The molecule has 0 saturated heterocycles. The van der Waals surface area contributed by atoms with Crippen molar-refractivity contribution in [2.75, 3.05) is 11.9 Å². The van der Waals surface area contributed by atoms with Crippen LogP contribution in [0.15, 0.2) is 18.2 Å². The van der Waals surface area contributed by atoms with Gasteiger partial charge in [0, 0.05) is 5.69 Å². The number of esters is 1. The van der Waals surface area contributed by atoms with E-state index in [2.05, 4.69) is 10.3 Å². The molecule has 23 heavy (non-hydrogen) atoms. The fourth-order valence-electron chi connectivity index (χ4n) is 2.20. The summed E-state index contributed by atoms with van der Waals surface area (Å²) >= 11 is 1.21. The number of ether oxygens (including phenoxy) is 1. The molecular formula is C17H20N2O3S. The normalized spacial score (nSPS) is 10.4. The van der Waals surface area contributed by atoms with E-state index < -0.39 is 0 Å². The Labute approximate surface area is 139 Å². The van der Waals surface area contributed by atoms with E-state index in [1.165, 1.54) is 11.3 Å². The number of aryl methyl sites for hydroxylation is 3. The molecule has 0 spiro atoms. The van der Waals surface area contributed by atoms with Gasteiger partial charge in [0.05, 0.1) is 18.7 Å². The molecule has 0 fully saturated rings. The topological polar surface area (TPSA) is 68.3 Å². The zero-order valence-electron chi connectivity index (χ0n) is 13.7. The maximum absolute atomic E-state index is 12.2. The van der Waals surface area contributed by atoms with Crippen molar-refractivity contribution in [1.29, 1.82) is 0 Å². The van der Waals surface area contributed by atoms with Gasteiger partial charge in [-0.3, -0.25) is 4.79 Å². The fourth-order valence-corrected chi connectivity index (χ4v) is 3.16. The molecule has 2 aromatic rings. The summed E-state index contributed by atoms with van der Waals surface area (Å²) in [5.41, 5.74) is 3.55. The number of benzene rings is 1. The molecule has 1 amide bonds. The van der Waals surface area contributed by atoms with Gasteiger partial charge in [-0.05, 0) is 39.3 Å². The average Bonchev–Trinajstić information content (AvgIpc) is 2.83. The largest absolute Gasteiger partial charge is 0.462 e. The van der Waals surface area contributed by atoms with Crippen molar-refractivity contribution in [3.05, 3.63) is 44.9 Å². The Morgan fingerprint density at radius 1 is 1.26 bits per heavy atom. The van der Waals surface area contributed by atoms with E-state index >= 15 is 0 Å². The third-order valence-electron chi connectivity index (χ3n) is 3.27. The second-order valence-corrected chi connectivity index (χ2v) is 6.37. The summed E-state index contributed by atoms with van der Waals surface area (Å²) in [4.78, 5) is 28.7. The molecule has 1 N–H and O–H groups in total. The number of anilines is 1. The highest BCUT2D eigenvalue weighted by Gasteiger charge is 2.18. The summed E-state index contributed by atoms with van der Waals surface area (Å²) in [7, 11) is 0. The number of nitrogens with one attached hydrogen (secondary N) is 1. The lowest BCUT2D eigenvalue weighted by molar-refractivity contribution is -0.115. The third kappa shape index (κ3) is 4.39. The lowest BCUT2D eigenvalue weighted by Crippen LogP contribution is -2.15. The van der Waals surface area contributed by atoms with Crippen LogP contribution < -0.4 is 5.32 Å². The lowest BCUT2D eigenvalue weighted by Gasteiger charge is -2.08. The molecule has 1 aromatic carbocycles. The summed E-state index contributed by atoms with van der Waals surface area (Å²) in [6, 6.07) is 5.86. The van der Waals surface area contributed by atoms with E-state index in [4.69, 9.17) is 4.74 Å². The van der Waals surface area contributed by atoms with Crippen molar-refractivity contribution in [2.24, 2.45) is 0 Å². The van der Waals surface area contributed by atoms with Crippen molar-refractivity contribution in [1.82, 2.24) is 4.98 Å². The standard InChI is InChI=1S/C17H20N2O3S/c1-5-22-17(21)16-12(4)18-15(23-16)9-14(20)19-13-7-6-10(2)8-11(13)3/h6-8H,5,9H2,1-4H3,(H,19,20). The minimum absolute atomic E-state index is 0.137. The van der Waals surface area contributed by atoms with E-state index in [-0.39, 0.29) is 18.3 Å². The van der Waals surface area contributed by atoms with Gasteiger partial charge in [-0.25, -0.2) is 9.78 Å². The Balaban J connectivity index is 2.06. The zero-order chi connectivity index (χ0) is 17.0. The quantitative estimate of drug-likeness (QED) is 0.852. The molecule has 0 saturated carbocycles. The monoisotopic (exact) mass is 332 g/mol. The van der Waals surface area contributed by atoms with E-state index in [1.54, 1.807) is 13.8 Å². The van der Waals surface area contributed by atoms with Crippen molar-refractivity contribution < 1.29 is 14.3 Å². The van der Waals surface area contributed by atoms with Gasteiger partial charge in [0.25, 0.3) is 0 Å². The van der Waals surface area contributed by atoms with Crippen LogP contribution >= 0.6 is 11.3 Å². The number of nitrogens with zero attached hydrogens (tertiary/aromatic N) is 1. The van der Waals surface area contributed by atoms with Crippen molar-refractivity contribution >= 4 is 28.9 Å². The van der Waals surface area contributed by atoms with Crippen LogP contribution in [0.1, 0.15) is 38.4 Å². The maximum Gasteiger partial charge on any atom is 0.350 e. The van der Waals surface area contributed by atoms with Crippen LogP contribution in [0.5, 0.6) is 0 Å². The number of rotatable bonds is 5. The van der Waals surface area contributed by atoms with E-state index in [0.717, 1.165) is 16.8 Å². The summed E-state index contributed by atoms with van der Waals surface area (Å²) in [6.07, 6.45) is 0.137. The Bertz CT molecular complexity index is 737. The molecule has 5 nitrogen and oxygen atoms in total. The summed E-state index contributed by atoms with van der Waals surface area (Å²) in [5.74, 6) is -0.537. The summed E-state index contributed by atoms with van der Waals surface area (Å²) in [5, 5.41) is 3.49. The SMILES string of the molecule is CCOC(=O)c1sc(CC(=O)Nc2ccc(C)cc2C)nc1C. The molecule has 1 heterocycles. The second-order valence-electron chi connectivity index (χ2n) is 5.29. The van der Waals surface area contributed by atoms with Crippen molar-refractivity contribution in [3.63, 3.8) is 0 Å². The van der Waals surface area contributed by atoms with Gasteiger partial charge >= 0.3 is 5.97 Å². The Morgan fingerprint density at radius 2 is 2.00 bits per heavy atom. The number of hydrogen-bond donors (Lipinski definition) is 1. The number of carbonyl (C=O) groups is 2. The van der Waals surface area contributed by atoms with Gasteiger partial charge in [-0.2, -0.15) is 0 Å². The number of thiazole rings is 1. The third-order valence-corrected chi connectivity index (χ3v) is 4.41. The van der Waals surface area contributed by atoms with E-state index in [0.29, 0.717) is 22.2 Å². The predicted molar refractivity (Wildman–Crippen MR) is 91.1 cm³/mol. The molecule has 6 heteroatoms. The molecule has 0 aliphatic rings. The molecular weight excluding hydrogens is 312 g/mol. The van der Waals surface area contributed by atoms with E-state index in [1.807, 2.05) is 32.0 Å². The Hall–Kier alpha value is -2.21. The first-order valence-corrected chi connectivity index (χ1v) is 8.23. The molecule has 0 aliphatic heterocycles. The van der Waals surface area contributed by atoms with E-state index in [9.17, 15) is 9.59 Å². The first-order chi connectivity index (χ1) is 10.9. The zero-order valence-corrected chi connectivity index (χ0v) is 14.5. The number of hydrogen-bond acceptors (Lipinski definition) is 5. The van der Waals surface area contributed by atoms with Crippen LogP contribution in [-0.2, 0) is 16.0 Å². The molecule has 122 valence electrons. The van der Waals surface area contributed by atoms with Crippen LogP contribution in [0.3, 0.4) is 0 Å². The highest BCUT2D eigenvalue weighted by atomic mass is 32.1. The van der Waals surface area contributed by atoms with Crippen LogP contribution in [-0.4, -0.2) is 23.5 Å². The molecule has 0 atom stereocenters. The Morgan fingerprint density at radius 3 is 2.65 bits per heavy atom. The van der Waals surface area contributed by atoms with Gasteiger partial charge in [0.15, 0.2) is 0 Å². The molecule has 0 unspecified atom stereocenters. The van der Waals surface area contributed by atoms with Gasteiger partial charge in [-0.15, -0.1) is 11.3 Å². The summed E-state index contributed by atoms with van der Waals surface area (Å²) in [6.45, 7) is 7.78. The van der Waals surface area contributed by atoms with Gasteiger partial charge in [-0.1, -0.05) is 17.7 Å². The first kappa shape index (κ1) is 17.1. The van der Waals surface area contributed by atoms with Gasteiger partial charge in [0.1, 0.15) is 9.88 Å². The lowest BCUT2D eigenvalue weighted by atomic mass is 10.1. The molecule has 1 aromatic heterocycles. The number of carbonyl (C=O) groups excluding carboxylic acids is 2. The number of aromatic nitrogens is 1. The van der Waals surface area contributed by atoms with Gasteiger partial charge < -0.3 is 10.1 Å². The second kappa shape index (κ2) is 7.37. The van der Waals surface area contributed by atoms with Crippen LogP contribution in [0.4, 0.5) is 5.69 Å². The minimum Gasteiger partial charge on any atom is -0.462 e. The molecule has 2 rings (SSSR count). The molecule has 0 radical (unpaired) electrons. The smallest absolute Gasteiger partial charge is 0.350 e. The Kier molecular flexibility index (Phi) is 5.50. The average molecular weight is 332 g/mol. The number of amides is 1. The minimum atomic E-state index is -0.386. The maximum atomic E-state index is 12.2. The predicted octanol–water partition coefficient (Wildman–Crippen LogP) is 3.43. The van der Waals surface area contributed by atoms with Gasteiger partial charge in [0.2, 0.25) is 5.91 Å². The van der Waals surface area contributed by atoms with Crippen LogP contribution in [0.2, 0.25) is 0 Å². The first-order valence-electron chi connectivity index (χ1n) is 7.41. The molecule has 0 bridgehead atoms. The van der Waals surface area contributed by atoms with Crippen LogP contribution in [0.25, 0.3) is 0 Å². The highest BCUT2D eigenvalue weighted by molar-refractivity contribution is 7.13. The summed E-state index contributed by atoms with van der Waals surface area (Å²) < 4.78 is 4.98.